The maximum absolute atomic E-state index is 12.6. The molecule has 0 amide bonds. The van der Waals surface area contributed by atoms with Crippen molar-refractivity contribution in [2.75, 3.05) is 6.54 Å². The van der Waals surface area contributed by atoms with E-state index in [9.17, 15) is 13.2 Å². The van der Waals surface area contributed by atoms with Crippen molar-refractivity contribution in [3.05, 3.63) is 0 Å². The highest BCUT2D eigenvalue weighted by Gasteiger charge is 2.41. The number of rotatable bonds is 3. The number of hydrogen-bond acceptors (Lipinski definition) is 1. The lowest BCUT2D eigenvalue weighted by atomic mass is 9.85. The molecule has 0 radical (unpaired) electrons. The Hall–Kier alpha value is -0.250. The summed E-state index contributed by atoms with van der Waals surface area (Å²) >= 11 is 0. The molecule has 0 aromatic rings. The maximum atomic E-state index is 12.6. The third-order valence-electron chi connectivity index (χ3n) is 3.44. The van der Waals surface area contributed by atoms with Crippen LogP contribution in [0.25, 0.3) is 0 Å². The molecule has 1 aliphatic heterocycles. The zero-order valence-electron chi connectivity index (χ0n) is 11.0. The zero-order chi connectivity index (χ0) is 13.1. The van der Waals surface area contributed by atoms with E-state index in [0.29, 0.717) is 6.54 Å². The number of piperidine rings is 1. The summed E-state index contributed by atoms with van der Waals surface area (Å²) in [6, 6.07) is 0.0534. The molecule has 2 unspecified atom stereocenters. The minimum Gasteiger partial charge on any atom is -0.314 e. The van der Waals surface area contributed by atoms with Gasteiger partial charge in [-0.2, -0.15) is 13.2 Å². The fraction of sp³-hybridized carbons (Fsp3) is 1.00. The van der Waals surface area contributed by atoms with Crippen LogP contribution >= 0.6 is 0 Å². The Kier molecular flexibility index (Phi) is 4.87. The number of alkyl halides is 3. The van der Waals surface area contributed by atoms with E-state index in [2.05, 4.69) is 26.1 Å². The monoisotopic (exact) mass is 251 g/mol. The van der Waals surface area contributed by atoms with E-state index in [-0.39, 0.29) is 24.3 Å². The lowest BCUT2D eigenvalue weighted by molar-refractivity contribution is -0.183. The topological polar surface area (TPSA) is 12.0 Å². The zero-order valence-corrected chi connectivity index (χ0v) is 11.0. The summed E-state index contributed by atoms with van der Waals surface area (Å²) in [5.41, 5.74) is 0.276. The fourth-order valence-electron chi connectivity index (χ4n) is 2.40. The van der Waals surface area contributed by atoms with E-state index in [1.165, 1.54) is 0 Å². The Balaban J connectivity index is 2.30. The van der Waals surface area contributed by atoms with Crippen LogP contribution in [-0.2, 0) is 0 Å². The van der Waals surface area contributed by atoms with Crippen molar-refractivity contribution in [1.29, 1.82) is 0 Å². The molecule has 0 aliphatic carbocycles. The van der Waals surface area contributed by atoms with Gasteiger partial charge >= 0.3 is 6.18 Å². The molecule has 1 nitrogen and oxygen atoms in total. The number of halogens is 3. The standard InChI is InChI=1S/C13H24F3N/c1-12(2,3)7-4-5-11-9-10(6-8-17-11)13(14,15)16/h10-11,17H,4-9H2,1-3H3. The second-order valence-electron chi connectivity index (χ2n) is 6.37. The quantitative estimate of drug-likeness (QED) is 0.795. The number of nitrogens with one attached hydrogen (secondary N) is 1. The van der Waals surface area contributed by atoms with Crippen LogP contribution in [0.5, 0.6) is 0 Å². The summed E-state index contributed by atoms with van der Waals surface area (Å²) in [5, 5.41) is 3.21. The predicted molar refractivity (Wildman–Crippen MR) is 63.9 cm³/mol. The average molecular weight is 251 g/mol. The highest BCUT2D eigenvalue weighted by atomic mass is 19.4. The van der Waals surface area contributed by atoms with Gasteiger partial charge in [0.05, 0.1) is 5.92 Å². The van der Waals surface area contributed by atoms with E-state index >= 15 is 0 Å². The largest absolute Gasteiger partial charge is 0.391 e. The first kappa shape index (κ1) is 14.8. The van der Waals surface area contributed by atoms with Gasteiger partial charge in [-0.15, -0.1) is 0 Å². The molecule has 1 N–H and O–H groups in total. The summed E-state index contributed by atoms with van der Waals surface area (Å²) in [6.45, 7) is 7.00. The summed E-state index contributed by atoms with van der Waals surface area (Å²) in [5.74, 6) is -1.09. The molecule has 0 aromatic heterocycles. The van der Waals surface area contributed by atoms with Gasteiger partial charge in [-0.1, -0.05) is 27.2 Å². The van der Waals surface area contributed by atoms with Crippen LogP contribution in [-0.4, -0.2) is 18.8 Å². The minimum atomic E-state index is -4.01. The van der Waals surface area contributed by atoms with E-state index < -0.39 is 12.1 Å². The highest BCUT2D eigenvalue weighted by Crippen LogP contribution is 2.35. The molecule has 17 heavy (non-hydrogen) atoms. The molecular weight excluding hydrogens is 227 g/mol. The molecule has 1 saturated heterocycles. The van der Waals surface area contributed by atoms with Crippen LogP contribution < -0.4 is 5.32 Å². The van der Waals surface area contributed by atoms with Crippen LogP contribution in [0.1, 0.15) is 52.9 Å². The lowest BCUT2D eigenvalue weighted by Gasteiger charge is -2.32. The summed E-state index contributed by atoms with van der Waals surface area (Å²) < 4.78 is 37.8. The van der Waals surface area contributed by atoms with E-state index in [0.717, 1.165) is 19.3 Å². The van der Waals surface area contributed by atoms with Crippen molar-refractivity contribution >= 4 is 0 Å². The maximum Gasteiger partial charge on any atom is 0.391 e. The van der Waals surface area contributed by atoms with Gasteiger partial charge in [0.15, 0.2) is 0 Å². The van der Waals surface area contributed by atoms with Crippen molar-refractivity contribution < 1.29 is 13.2 Å². The van der Waals surface area contributed by atoms with Crippen LogP contribution in [0.4, 0.5) is 13.2 Å². The second-order valence-corrected chi connectivity index (χ2v) is 6.37. The molecule has 2 atom stereocenters. The molecule has 1 rings (SSSR count). The number of hydrogen-bond donors (Lipinski definition) is 1. The smallest absolute Gasteiger partial charge is 0.314 e. The molecule has 1 fully saturated rings. The molecule has 0 saturated carbocycles. The molecular formula is C13H24F3N. The van der Waals surface area contributed by atoms with E-state index in [1.807, 2.05) is 0 Å². The van der Waals surface area contributed by atoms with Gasteiger partial charge in [0.25, 0.3) is 0 Å². The normalized spacial score (nSPS) is 27.2. The molecule has 0 aromatic carbocycles. The van der Waals surface area contributed by atoms with Crippen molar-refractivity contribution in [2.45, 2.75) is 65.1 Å². The minimum absolute atomic E-state index is 0.0534. The molecule has 1 heterocycles. The third-order valence-corrected chi connectivity index (χ3v) is 3.44. The molecule has 0 spiro atoms. The summed E-state index contributed by atoms with van der Waals surface area (Å²) in [4.78, 5) is 0. The van der Waals surface area contributed by atoms with E-state index in [4.69, 9.17) is 0 Å². The predicted octanol–water partition coefficient (Wildman–Crippen LogP) is 4.13. The fourth-order valence-corrected chi connectivity index (χ4v) is 2.40. The molecule has 4 heteroatoms. The highest BCUT2D eigenvalue weighted by molar-refractivity contribution is 4.82. The van der Waals surface area contributed by atoms with Gasteiger partial charge in [0, 0.05) is 6.04 Å². The Morgan fingerprint density at radius 2 is 1.82 bits per heavy atom. The van der Waals surface area contributed by atoms with Gasteiger partial charge in [-0.05, 0) is 37.6 Å². The first-order valence-electron chi connectivity index (χ1n) is 6.48. The first-order valence-corrected chi connectivity index (χ1v) is 6.48. The van der Waals surface area contributed by atoms with Crippen LogP contribution in [0.3, 0.4) is 0 Å². The Bertz CT molecular complexity index is 230. The molecule has 0 bridgehead atoms. The van der Waals surface area contributed by atoms with Gasteiger partial charge in [-0.3, -0.25) is 0 Å². The van der Waals surface area contributed by atoms with Crippen molar-refractivity contribution in [1.82, 2.24) is 5.32 Å². The second kappa shape index (κ2) is 5.59. The lowest BCUT2D eigenvalue weighted by Crippen LogP contribution is -2.42. The van der Waals surface area contributed by atoms with Gasteiger partial charge in [0.1, 0.15) is 0 Å². The molecule has 102 valence electrons. The van der Waals surface area contributed by atoms with E-state index in [1.54, 1.807) is 0 Å². The van der Waals surface area contributed by atoms with Gasteiger partial charge in [0.2, 0.25) is 0 Å². The average Bonchev–Trinajstić information content (AvgIpc) is 2.15. The van der Waals surface area contributed by atoms with Crippen molar-refractivity contribution in [2.24, 2.45) is 11.3 Å². The van der Waals surface area contributed by atoms with Gasteiger partial charge in [-0.25, -0.2) is 0 Å². The first-order chi connectivity index (χ1) is 7.68. The SMILES string of the molecule is CC(C)(C)CCCC1CC(C(F)(F)F)CCN1. The Morgan fingerprint density at radius 1 is 1.18 bits per heavy atom. The van der Waals surface area contributed by atoms with Crippen LogP contribution in [0.15, 0.2) is 0 Å². The summed E-state index contributed by atoms with van der Waals surface area (Å²) in [6.07, 6.45) is -0.575. The van der Waals surface area contributed by atoms with Gasteiger partial charge < -0.3 is 5.32 Å². The van der Waals surface area contributed by atoms with Crippen LogP contribution in [0.2, 0.25) is 0 Å². The van der Waals surface area contributed by atoms with Crippen molar-refractivity contribution in [3.8, 4) is 0 Å². The Morgan fingerprint density at radius 3 is 2.35 bits per heavy atom. The Labute approximate surface area is 102 Å². The third kappa shape index (κ3) is 5.75. The molecule has 1 aliphatic rings. The summed E-state index contributed by atoms with van der Waals surface area (Å²) in [7, 11) is 0. The van der Waals surface area contributed by atoms with Crippen molar-refractivity contribution in [3.63, 3.8) is 0 Å². The van der Waals surface area contributed by atoms with Crippen LogP contribution in [0, 0.1) is 11.3 Å².